The standard InChI is InChI=1S/C17H15N3O2S.C2H6/c1-10-8-9-23-15(10)12-6-7-14(19-16(12)18)20-17(22)11-4-2-3-5-13(11)21;1-2/h2-9,21H,1H3,(H3,18,19,20,22);1-2H3. The lowest BCUT2D eigenvalue weighted by Crippen LogP contribution is -2.13. The summed E-state index contributed by atoms with van der Waals surface area (Å²) in [5, 5.41) is 14.3. The van der Waals surface area contributed by atoms with E-state index < -0.39 is 5.91 Å². The number of thiophene rings is 1. The molecule has 0 aliphatic heterocycles. The van der Waals surface area contributed by atoms with Crippen LogP contribution in [0.2, 0.25) is 0 Å². The highest BCUT2D eigenvalue weighted by atomic mass is 32.1. The van der Waals surface area contributed by atoms with Gasteiger partial charge in [-0.15, -0.1) is 11.3 Å². The molecule has 0 saturated heterocycles. The number of carbonyl (C=O) groups is 1. The molecule has 6 heteroatoms. The second kappa shape index (κ2) is 8.30. The SMILES string of the molecule is CC.Cc1ccsc1-c1ccc(NC(=O)c2ccccc2O)nc1N. The molecule has 3 rings (SSSR count). The molecular weight excluding hydrogens is 334 g/mol. The van der Waals surface area contributed by atoms with E-state index in [9.17, 15) is 9.90 Å². The monoisotopic (exact) mass is 355 g/mol. The summed E-state index contributed by atoms with van der Waals surface area (Å²) >= 11 is 1.59. The zero-order valence-electron chi connectivity index (χ0n) is 14.4. The number of rotatable bonds is 3. The predicted molar refractivity (Wildman–Crippen MR) is 104 cm³/mol. The van der Waals surface area contributed by atoms with Gasteiger partial charge in [0.2, 0.25) is 0 Å². The molecule has 0 radical (unpaired) electrons. The molecular formula is C19H21N3O2S. The van der Waals surface area contributed by atoms with E-state index in [1.54, 1.807) is 29.5 Å². The molecule has 2 heterocycles. The number of hydrogen-bond acceptors (Lipinski definition) is 5. The molecule has 0 spiro atoms. The summed E-state index contributed by atoms with van der Waals surface area (Å²) in [6.45, 7) is 6.01. The number of nitrogen functional groups attached to an aromatic ring is 1. The van der Waals surface area contributed by atoms with Crippen LogP contribution in [0.15, 0.2) is 47.8 Å². The van der Waals surface area contributed by atoms with E-state index in [0.29, 0.717) is 11.6 Å². The summed E-state index contributed by atoms with van der Waals surface area (Å²) in [7, 11) is 0. The topological polar surface area (TPSA) is 88.2 Å². The highest BCUT2D eigenvalue weighted by Crippen LogP contribution is 2.33. The molecule has 0 fully saturated rings. The van der Waals surface area contributed by atoms with Gasteiger partial charge >= 0.3 is 0 Å². The van der Waals surface area contributed by atoms with E-state index in [1.807, 2.05) is 38.3 Å². The quantitative estimate of drug-likeness (QED) is 0.636. The maximum Gasteiger partial charge on any atom is 0.260 e. The first-order valence-corrected chi connectivity index (χ1v) is 8.84. The molecule has 0 atom stereocenters. The van der Waals surface area contributed by atoms with Gasteiger partial charge in [0, 0.05) is 10.4 Å². The minimum absolute atomic E-state index is 0.0798. The number of carbonyl (C=O) groups excluding carboxylic acids is 1. The number of phenols is 1. The first kappa shape index (κ1) is 18.5. The number of aromatic nitrogens is 1. The van der Waals surface area contributed by atoms with Crippen LogP contribution < -0.4 is 11.1 Å². The number of aromatic hydroxyl groups is 1. The number of nitrogens with two attached hydrogens (primary N) is 1. The van der Waals surface area contributed by atoms with E-state index in [1.165, 1.54) is 12.1 Å². The summed E-state index contributed by atoms with van der Waals surface area (Å²) in [6, 6.07) is 11.9. The van der Waals surface area contributed by atoms with Crippen molar-refractivity contribution in [3.05, 3.63) is 59.0 Å². The van der Waals surface area contributed by atoms with Gasteiger partial charge in [-0.25, -0.2) is 4.98 Å². The molecule has 2 aromatic heterocycles. The average Bonchev–Trinajstić information content (AvgIpc) is 3.03. The molecule has 0 unspecified atom stereocenters. The van der Waals surface area contributed by atoms with Crippen LogP contribution in [-0.2, 0) is 0 Å². The predicted octanol–water partition coefficient (Wildman–Crippen LogP) is 4.68. The minimum atomic E-state index is -0.435. The summed E-state index contributed by atoms with van der Waals surface area (Å²) in [6.07, 6.45) is 0. The van der Waals surface area contributed by atoms with Crippen molar-refractivity contribution in [2.24, 2.45) is 0 Å². The third-order valence-corrected chi connectivity index (χ3v) is 4.47. The van der Waals surface area contributed by atoms with Gasteiger partial charge in [0.15, 0.2) is 0 Å². The van der Waals surface area contributed by atoms with Crippen LogP contribution in [0.25, 0.3) is 10.4 Å². The van der Waals surface area contributed by atoms with E-state index in [4.69, 9.17) is 5.73 Å². The Morgan fingerprint density at radius 3 is 2.48 bits per heavy atom. The van der Waals surface area contributed by atoms with Crippen LogP contribution in [0.5, 0.6) is 5.75 Å². The van der Waals surface area contributed by atoms with Crippen molar-refractivity contribution < 1.29 is 9.90 Å². The minimum Gasteiger partial charge on any atom is -0.507 e. The van der Waals surface area contributed by atoms with Gasteiger partial charge in [-0.1, -0.05) is 26.0 Å². The van der Waals surface area contributed by atoms with Crippen LogP contribution >= 0.6 is 11.3 Å². The zero-order valence-corrected chi connectivity index (χ0v) is 15.2. The Kier molecular flexibility index (Phi) is 6.14. The van der Waals surface area contributed by atoms with Gasteiger partial charge in [0.1, 0.15) is 17.4 Å². The van der Waals surface area contributed by atoms with Crippen LogP contribution in [0.3, 0.4) is 0 Å². The molecule has 0 aliphatic rings. The van der Waals surface area contributed by atoms with Crippen molar-refractivity contribution in [1.29, 1.82) is 0 Å². The van der Waals surface area contributed by atoms with Crippen molar-refractivity contribution in [3.8, 4) is 16.2 Å². The Bertz CT molecular complexity index is 875. The van der Waals surface area contributed by atoms with Crippen molar-refractivity contribution in [2.45, 2.75) is 20.8 Å². The van der Waals surface area contributed by atoms with Crippen LogP contribution in [-0.4, -0.2) is 16.0 Å². The van der Waals surface area contributed by atoms with Gasteiger partial charge in [-0.2, -0.15) is 0 Å². The molecule has 0 bridgehead atoms. The van der Waals surface area contributed by atoms with Crippen LogP contribution in [0.1, 0.15) is 29.8 Å². The number of aryl methyl sites for hydroxylation is 1. The summed E-state index contributed by atoms with van der Waals surface area (Å²) in [5.74, 6) is 0.179. The fourth-order valence-corrected chi connectivity index (χ4v) is 3.20. The molecule has 5 nitrogen and oxygen atoms in total. The van der Waals surface area contributed by atoms with Gasteiger partial charge in [0.25, 0.3) is 5.91 Å². The highest BCUT2D eigenvalue weighted by molar-refractivity contribution is 7.13. The molecule has 1 amide bonds. The number of amides is 1. The second-order valence-electron chi connectivity index (χ2n) is 5.03. The fourth-order valence-electron chi connectivity index (χ4n) is 2.23. The number of hydrogen-bond donors (Lipinski definition) is 3. The van der Waals surface area contributed by atoms with E-state index in [0.717, 1.165) is 16.0 Å². The first-order chi connectivity index (χ1) is 12.1. The van der Waals surface area contributed by atoms with Gasteiger partial charge in [-0.3, -0.25) is 4.79 Å². The van der Waals surface area contributed by atoms with E-state index in [-0.39, 0.29) is 11.3 Å². The Morgan fingerprint density at radius 1 is 1.16 bits per heavy atom. The molecule has 3 aromatic rings. The number of nitrogens with zero attached hydrogens (tertiary/aromatic N) is 1. The van der Waals surface area contributed by atoms with Gasteiger partial charge in [0.05, 0.1) is 5.56 Å². The molecule has 0 aliphatic carbocycles. The van der Waals surface area contributed by atoms with Gasteiger partial charge in [-0.05, 0) is 48.2 Å². The normalized spacial score (nSPS) is 9.88. The second-order valence-corrected chi connectivity index (χ2v) is 5.95. The number of nitrogens with one attached hydrogen (secondary N) is 1. The van der Waals surface area contributed by atoms with Crippen LogP contribution in [0, 0.1) is 6.92 Å². The Morgan fingerprint density at radius 2 is 1.88 bits per heavy atom. The number of para-hydroxylation sites is 1. The van der Waals surface area contributed by atoms with E-state index >= 15 is 0 Å². The smallest absolute Gasteiger partial charge is 0.260 e. The van der Waals surface area contributed by atoms with E-state index in [2.05, 4.69) is 10.3 Å². The number of anilines is 2. The largest absolute Gasteiger partial charge is 0.507 e. The van der Waals surface area contributed by atoms with Crippen molar-refractivity contribution in [3.63, 3.8) is 0 Å². The molecule has 130 valence electrons. The Labute approximate surface area is 151 Å². The summed E-state index contributed by atoms with van der Waals surface area (Å²) in [4.78, 5) is 17.5. The number of pyridine rings is 1. The number of phenolic OH excluding ortho intramolecular Hbond substituents is 1. The van der Waals surface area contributed by atoms with Crippen LogP contribution in [0.4, 0.5) is 11.6 Å². The molecule has 0 saturated carbocycles. The van der Waals surface area contributed by atoms with Crippen molar-refractivity contribution in [2.75, 3.05) is 11.1 Å². The maximum atomic E-state index is 12.2. The third kappa shape index (κ3) is 4.16. The number of benzene rings is 1. The maximum absolute atomic E-state index is 12.2. The lowest BCUT2D eigenvalue weighted by Gasteiger charge is -2.09. The van der Waals surface area contributed by atoms with Gasteiger partial charge < -0.3 is 16.2 Å². The highest BCUT2D eigenvalue weighted by Gasteiger charge is 2.13. The molecule has 25 heavy (non-hydrogen) atoms. The molecule has 1 aromatic carbocycles. The Balaban J connectivity index is 0.00000109. The van der Waals surface area contributed by atoms with Crippen molar-refractivity contribution >= 4 is 28.9 Å². The molecule has 4 N–H and O–H groups in total. The van der Waals surface area contributed by atoms with Crippen molar-refractivity contribution in [1.82, 2.24) is 4.98 Å². The zero-order chi connectivity index (χ0) is 18.4. The summed E-state index contributed by atoms with van der Waals surface area (Å²) in [5.41, 5.74) is 8.19. The average molecular weight is 355 g/mol. The lowest BCUT2D eigenvalue weighted by molar-refractivity contribution is 0.102. The first-order valence-electron chi connectivity index (χ1n) is 7.96. The lowest BCUT2D eigenvalue weighted by atomic mass is 10.1. The third-order valence-electron chi connectivity index (χ3n) is 3.42. The Hall–Kier alpha value is -2.86. The fraction of sp³-hybridized carbons (Fsp3) is 0.158. The summed E-state index contributed by atoms with van der Waals surface area (Å²) < 4.78 is 0.